The van der Waals surface area contributed by atoms with Crippen molar-refractivity contribution < 1.29 is 50.1 Å². The quantitative estimate of drug-likeness (QED) is 0.159. The minimum atomic E-state index is -4.67. The summed E-state index contributed by atoms with van der Waals surface area (Å²) in [6, 6.07) is 8.47. The van der Waals surface area contributed by atoms with Gasteiger partial charge in [-0.15, -0.1) is 0 Å². The van der Waals surface area contributed by atoms with E-state index in [9.17, 15) is 31.1 Å². The van der Waals surface area contributed by atoms with Crippen LogP contribution in [0.1, 0.15) is 61.8 Å². The number of carbonyl (C=O) groups is 1. The molecule has 12 heteroatoms. The lowest BCUT2D eigenvalue weighted by Gasteiger charge is -2.32. The molecule has 0 saturated carbocycles. The Bertz CT molecular complexity index is 1150. The van der Waals surface area contributed by atoms with Crippen molar-refractivity contribution in [3.05, 3.63) is 64.7 Å². The average molecular weight is 592 g/mol. The van der Waals surface area contributed by atoms with Gasteiger partial charge in [0.25, 0.3) is 0 Å². The molecule has 1 atom stereocenters. The van der Waals surface area contributed by atoms with E-state index in [0.717, 1.165) is 18.2 Å². The summed E-state index contributed by atoms with van der Waals surface area (Å²) in [7, 11) is 1.46. The van der Waals surface area contributed by atoms with Gasteiger partial charge in [-0.2, -0.15) is 26.3 Å². The first-order valence-corrected chi connectivity index (χ1v) is 13.2. The summed E-state index contributed by atoms with van der Waals surface area (Å²) in [5.41, 5.74) is -2.24. The Labute approximate surface area is 235 Å². The molecule has 1 saturated heterocycles. The first kappa shape index (κ1) is 32.5. The zero-order valence-corrected chi connectivity index (χ0v) is 23.2. The van der Waals surface area contributed by atoms with Crippen LogP contribution in [-0.4, -0.2) is 44.3 Å². The summed E-state index contributed by atoms with van der Waals surface area (Å²) in [6.45, 7) is 3.61. The molecule has 228 valence electrons. The highest BCUT2D eigenvalue weighted by atomic mass is 19.4. The number of hydrogen-bond donors (Lipinski definition) is 1. The molecular formula is C29H35F6NO5. The molecule has 2 aromatic rings. The number of rotatable bonds is 12. The Hall–Kier alpha value is -2.99. The molecule has 3 rings (SSSR count). The van der Waals surface area contributed by atoms with E-state index in [0.29, 0.717) is 43.2 Å². The lowest BCUT2D eigenvalue weighted by molar-refractivity contribution is -0.139. The maximum atomic E-state index is 13.9. The smallest absolute Gasteiger partial charge is 0.419 e. The van der Waals surface area contributed by atoms with Gasteiger partial charge in [-0.1, -0.05) is 18.2 Å². The van der Waals surface area contributed by atoms with Crippen LogP contribution in [0, 0.1) is 0 Å². The van der Waals surface area contributed by atoms with E-state index in [1.807, 2.05) is 0 Å². The topological polar surface area (TPSA) is 66.0 Å². The van der Waals surface area contributed by atoms with Gasteiger partial charge in [0.1, 0.15) is 18.1 Å². The molecule has 0 spiro atoms. The minimum Gasteiger partial charge on any atom is -0.493 e. The van der Waals surface area contributed by atoms with E-state index in [1.54, 1.807) is 19.9 Å². The number of ether oxygens (including phenoxy) is 4. The Morgan fingerprint density at radius 2 is 1.61 bits per heavy atom. The molecule has 0 aliphatic carbocycles. The van der Waals surface area contributed by atoms with Crippen LogP contribution in [0.15, 0.2) is 42.5 Å². The summed E-state index contributed by atoms with van der Waals surface area (Å²) in [5.74, 6) is -0.329. The molecule has 1 heterocycles. The Morgan fingerprint density at radius 3 is 2.24 bits per heavy atom. The van der Waals surface area contributed by atoms with Gasteiger partial charge in [0, 0.05) is 7.11 Å². The minimum absolute atomic E-state index is 0.00893. The van der Waals surface area contributed by atoms with E-state index in [-0.39, 0.29) is 32.2 Å². The van der Waals surface area contributed by atoms with Gasteiger partial charge < -0.3 is 24.3 Å². The van der Waals surface area contributed by atoms with E-state index >= 15 is 0 Å². The van der Waals surface area contributed by atoms with Crippen molar-refractivity contribution in [1.29, 1.82) is 0 Å². The second kappa shape index (κ2) is 13.3. The summed E-state index contributed by atoms with van der Waals surface area (Å²) >= 11 is 0. The molecule has 1 amide bonds. The number of methoxy groups -OCH3 is 1. The molecule has 0 radical (unpaired) electrons. The lowest BCUT2D eigenvalue weighted by atomic mass is 9.84. The molecule has 1 aliphatic rings. The number of nitrogens with one attached hydrogen (secondary N) is 1. The number of alkyl halides is 6. The number of aryl methyl sites for hydroxylation is 2. The molecule has 1 unspecified atom stereocenters. The van der Waals surface area contributed by atoms with E-state index in [4.69, 9.17) is 18.9 Å². The normalized spacial score (nSPS) is 19.3. The standard InChI is InChI=1S/C29H35F6NO5/c1-26(2)14-15-27(18-39-19-38-3,36-25(37)41-26)13-12-21-8-11-24(23(17-21)29(33,34)35)40-16-4-5-20-6-9-22(10-7-20)28(30,31)32/h6-11,17H,4-5,12-16,18-19H2,1-3H3,(H,36,37). The van der Waals surface area contributed by atoms with Crippen molar-refractivity contribution in [2.24, 2.45) is 0 Å². The predicted molar refractivity (Wildman–Crippen MR) is 139 cm³/mol. The van der Waals surface area contributed by atoms with Gasteiger partial charge in [0.05, 0.1) is 29.9 Å². The van der Waals surface area contributed by atoms with Crippen molar-refractivity contribution >= 4 is 6.09 Å². The Kier molecular flexibility index (Phi) is 10.6. The maximum absolute atomic E-state index is 13.9. The monoisotopic (exact) mass is 591 g/mol. The highest BCUT2D eigenvalue weighted by Crippen LogP contribution is 2.38. The van der Waals surface area contributed by atoms with Crippen molar-refractivity contribution in [2.45, 2.75) is 75.9 Å². The number of halogens is 6. The zero-order chi connectivity index (χ0) is 30.3. The third-order valence-corrected chi connectivity index (χ3v) is 6.91. The SMILES string of the molecule is COCOCC1(CCc2ccc(OCCCc3ccc(C(F)(F)F)cc3)c(C(F)(F)F)c2)CCC(C)(C)OC(=O)N1. The first-order valence-electron chi connectivity index (χ1n) is 13.2. The van der Waals surface area contributed by atoms with E-state index in [1.165, 1.54) is 25.3 Å². The second-order valence-corrected chi connectivity index (χ2v) is 10.8. The van der Waals surface area contributed by atoms with Crippen LogP contribution in [0.3, 0.4) is 0 Å². The van der Waals surface area contributed by atoms with Gasteiger partial charge in [-0.3, -0.25) is 0 Å². The predicted octanol–water partition coefficient (Wildman–Crippen LogP) is 7.33. The Balaban J connectivity index is 1.66. The molecule has 41 heavy (non-hydrogen) atoms. The van der Waals surface area contributed by atoms with Gasteiger partial charge in [-0.25, -0.2) is 4.79 Å². The van der Waals surface area contributed by atoms with Crippen LogP contribution in [0.4, 0.5) is 31.1 Å². The number of carbonyl (C=O) groups excluding carboxylic acids is 1. The second-order valence-electron chi connectivity index (χ2n) is 10.8. The van der Waals surface area contributed by atoms with Crippen molar-refractivity contribution in [3.8, 4) is 5.75 Å². The first-order chi connectivity index (χ1) is 19.1. The van der Waals surface area contributed by atoms with Crippen LogP contribution in [0.5, 0.6) is 5.75 Å². The molecule has 0 bridgehead atoms. The number of hydrogen-bond acceptors (Lipinski definition) is 5. The van der Waals surface area contributed by atoms with Crippen molar-refractivity contribution in [1.82, 2.24) is 5.32 Å². The lowest BCUT2D eigenvalue weighted by Crippen LogP contribution is -2.51. The fourth-order valence-corrected chi connectivity index (χ4v) is 4.62. The van der Waals surface area contributed by atoms with Crippen molar-refractivity contribution in [2.75, 3.05) is 27.1 Å². The fourth-order valence-electron chi connectivity index (χ4n) is 4.62. The van der Waals surface area contributed by atoms with Crippen molar-refractivity contribution in [3.63, 3.8) is 0 Å². The molecule has 1 fully saturated rings. The number of benzene rings is 2. The van der Waals surface area contributed by atoms with Gasteiger partial charge >= 0.3 is 18.4 Å². The number of alkyl carbamates (subject to hydrolysis) is 1. The van der Waals surface area contributed by atoms with Crippen LogP contribution < -0.4 is 10.1 Å². The van der Waals surface area contributed by atoms with E-state index in [2.05, 4.69) is 5.32 Å². The van der Waals surface area contributed by atoms with Gasteiger partial charge in [-0.05, 0) is 87.8 Å². The molecule has 0 aromatic heterocycles. The van der Waals surface area contributed by atoms with Crippen LogP contribution in [0.25, 0.3) is 0 Å². The highest BCUT2D eigenvalue weighted by molar-refractivity contribution is 5.69. The third-order valence-electron chi connectivity index (χ3n) is 6.91. The summed E-state index contributed by atoms with van der Waals surface area (Å²) in [4.78, 5) is 12.4. The summed E-state index contributed by atoms with van der Waals surface area (Å²) in [6.07, 6.45) is -7.55. The number of amides is 1. The largest absolute Gasteiger partial charge is 0.493 e. The van der Waals surface area contributed by atoms with Crippen LogP contribution >= 0.6 is 0 Å². The molecule has 6 nitrogen and oxygen atoms in total. The van der Waals surface area contributed by atoms with Gasteiger partial charge in [0.15, 0.2) is 0 Å². The maximum Gasteiger partial charge on any atom is 0.419 e. The molecule has 1 aliphatic heterocycles. The molecule has 2 aromatic carbocycles. The third kappa shape index (κ3) is 9.81. The van der Waals surface area contributed by atoms with Crippen LogP contribution in [-0.2, 0) is 39.4 Å². The summed E-state index contributed by atoms with van der Waals surface area (Å²) < 4.78 is 101. The number of cyclic esters (lactones) is 1. The van der Waals surface area contributed by atoms with Crippen LogP contribution in [0.2, 0.25) is 0 Å². The summed E-state index contributed by atoms with van der Waals surface area (Å²) in [5, 5.41) is 2.85. The Morgan fingerprint density at radius 1 is 0.927 bits per heavy atom. The van der Waals surface area contributed by atoms with Gasteiger partial charge in [0.2, 0.25) is 0 Å². The zero-order valence-electron chi connectivity index (χ0n) is 23.2. The average Bonchev–Trinajstić information content (AvgIpc) is 2.99. The molecular weight excluding hydrogens is 556 g/mol. The van der Waals surface area contributed by atoms with E-state index < -0.39 is 40.7 Å². The fraction of sp³-hybridized carbons (Fsp3) is 0.552. The molecule has 1 N–H and O–H groups in total. The highest BCUT2D eigenvalue weighted by Gasteiger charge is 2.40.